The third-order valence-electron chi connectivity index (χ3n) is 2.51. The Bertz CT molecular complexity index is 271. The average molecular weight is 241 g/mol. The van der Waals surface area contributed by atoms with Gasteiger partial charge >= 0.3 is 0 Å². The summed E-state index contributed by atoms with van der Waals surface area (Å²) >= 11 is 0. The summed E-state index contributed by atoms with van der Waals surface area (Å²) in [6.45, 7) is 2.14. The molecule has 1 fully saturated rings. The Morgan fingerprint density at radius 1 is 1.36 bits per heavy atom. The van der Waals surface area contributed by atoms with Crippen molar-refractivity contribution in [2.45, 2.75) is 12.8 Å². The molecule has 1 aliphatic heterocycles. The predicted octanol–water partition coefficient (Wildman–Crippen LogP) is 0.744. The summed E-state index contributed by atoms with van der Waals surface area (Å²) < 4.78 is 23.3. The molecule has 14 heavy (non-hydrogen) atoms. The maximum atomic E-state index is 11.0. The molecule has 0 N–H and O–H groups in total. The first kappa shape index (κ1) is 12.2. The fourth-order valence-corrected chi connectivity index (χ4v) is 2.89. The summed E-state index contributed by atoms with van der Waals surface area (Å²) in [5, 5.41) is 0. The van der Waals surface area contributed by atoms with Crippen molar-refractivity contribution in [2.24, 2.45) is 5.92 Å². The van der Waals surface area contributed by atoms with Crippen LogP contribution in [0.2, 0.25) is 0 Å². The summed E-state index contributed by atoms with van der Waals surface area (Å²) in [4.78, 5) is 2.13. The van der Waals surface area contributed by atoms with E-state index in [0.29, 0.717) is 19.0 Å². The molecule has 0 aromatic rings. The number of hydrogen-bond donors (Lipinski definition) is 0. The zero-order valence-electron chi connectivity index (χ0n) is 8.61. The van der Waals surface area contributed by atoms with E-state index in [4.69, 9.17) is 10.7 Å². The minimum Gasteiger partial charge on any atom is -0.309 e. The summed E-state index contributed by atoms with van der Waals surface area (Å²) in [5.41, 5.74) is 0. The molecule has 1 rings (SSSR count). The lowest BCUT2D eigenvalue weighted by molar-refractivity contribution is 0.227. The molecule has 0 unspecified atom stereocenters. The molecule has 0 aromatic carbocycles. The van der Waals surface area contributed by atoms with E-state index in [1.165, 1.54) is 4.31 Å². The van der Waals surface area contributed by atoms with Crippen molar-refractivity contribution in [1.29, 1.82) is 0 Å². The zero-order valence-corrected chi connectivity index (χ0v) is 10.2. The predicted molar refractivity (Wildman–Crippen MR) is 57.6 cm³/mol. The highest BCUT2D eigenvalue weighted by atomic mass is 35.7. The van der Waals surface area contributed by atoms with Crippen LogP contribution in [0.4, 0.5) is 0 Å². The maximum Gasteiger partial charge on any atom is 0.299 e. The Morgan fingerprint density at radius 3 is 2.21 bits per heavy atom. The molecule has 0 radical (unpaired) electrons. The van der Waals surface area contributed by atoms with Crippen LogP contribution in [0.3, 0.4) is 0 Å². The van der Waals surface area contributed by atoms with Crippen LogP contribution in [0.15, 0.2) is 0 Å². The van der Waals surface area contributed by atoms with Gasteiger partial charge in [-0.2, -0.15) is 12.7 Å². The number of piperidine rings is 1. The highest BCUT2D eigenvalue weighted by Crippen LogP contribution is 2.21. The maximum absolute atomic E-state index is 11.0. The largest absolute Gasteiger partial charge is 0.309 e. The standard InChI is InChI=1S/C8H17ClN2O2S/c1-10(2)7-8-3-5-11(6-4-8)14(9,12)13/h8H,3-7H2,1-2H3. The van der Waals surface area contributed by atoms with Gasteiger partial charge in [0.1, 0.15) is 0 Å². The monoisotopic (exact) mass is 240 g/mol. The fraction of sp³-hybridized carbons (Fsp3) is 1.00. The second-order valence-corrected chi connectivity index (χ2v) is 6.56. The molecular formula is C8H17ClN2O2S. The molecule has 0 aromatic heterocycles. The van der Waals surface area contributed by atoms with Crippen molar-refractivity contribution in [2.75, 3.05) is 33.7 Å². The van der Waals surface area contributed by atoms with Crippen molar-refractivity contribution in [3.8, 4) is 0 Å². The summed E-state index contributed by atoms with van der Waals surface area (Å²) in [5.74, 6) is 0.597. The van der Waals surface area contributed by atoms with Gasteiger partial charge in [0, 0.05) is 30.3 Å². The summed E-state index contributed by atoms with van der Waals surface area (Å²) in [6.07, 6.45) is 1.81. The molecule has 0 saturated carbocycles. The van der Waals surface area contributed by atoms with Crippen LogP contribution in [-0.2, 0) is 9.24 Å². The molecule has 0 spiro atoms. The zero-order chi connectivity index (χ0) is 10.8. The lowest BCUT2D eigenvalue weighted by Crippen LogP contribution is -2.38. The molecule has 0 amide bonds. The molecule has 0 aliphatic carbocycles. The van der Waals surface area contributed by atoms with E-state index >= 15 is 0 Å². The van der Waals surface area contributed by atoms with E-state index in [1.54, 1.807) is 0 Å². The minimum atomic E-state index is -3.49. The SMILES string of the molecule is CN(C)CC1CCN(S(=O)(=O)Cl)CC1. The lowest BCUT2D eigenvalue weighted by atomic mass is 9.98. The molecule has 4 nitrogen and oxygen atoms in total. The van der Waals surface area contributed by atoms with E-state index in [0.717, 1.165) is 19.4 Å². The van der Waals surface area contributed by atoms with Crippen LogP contribution in [0, 0.1) is 5.92 Å². The third-order valence-corrected chi connectivity index (χ3v) is 4.07. The van der Waals surface area contributed by atoms with E-state index in [9.17, 15) is 8.42 Å². The number of halogens is 1. The first-order chi connectivity index (χ1) is 6.39. The van der Waals surface area contributed by atoms with Crippen LogP contribution in [0.1, 0.15) is 12.8 Å². The average Bonchev–Trinajstić information content (AvgIpc) is 2.02. The second kappa shape index (κ2) is 4.79. The Hall–Kier alpha value is 0.160. The number of rotatable bonds is 3. The van der Waals surface area contributed by atoms with Gasteiger partial charge in [0.25, 0.3) is 9.24 Å². The number of hydrogen-bond acceptors (Lipinski definition) is 3. The smallest absolute Gasteiger partial charge is 0.299 e. The highest BCUT2D eigenvalue weighted by Gasteiger charge is 2.26. The van der Waals surface area contributed by atoms with Crippen LogP contribution < -0.4 is 0 Å². The molecule has 1 aliphatic rings. The fourth-order valence-electron chi connectivity index (χ4n) is 1.83. The van der Waals surface area contributed by atoms with E-state index in [1.807, 2.05) is 14.1 Å². The van der Waals surface area contributed by atoms with Gasteiger partial charge in [-0.25, -0.2) is 0 Å². The summed E-state index contributed by atoms with van der Waals surface area (Å²) in [6, 6.07) is 0. The lowest BCUT2D eigenvalue weighted by Gasteiger charge is -2.30. The van der Waals surface area contributed by atoms with Gasteiger partial charge in [-0.3, -0.25) is 0 Å². The van der Waals surface area contributed by atoms with Crippen molar-refractivity contribution in [1.82, 2.24) is 9.21 Å². The first-order valence-corrected chi connectivity index (χ1v) is 7.00. The van der Waals surface area contributed by atoms with Crippen LogP contribution >= 0.6 is 10.7 Å². The third kappa shape index (κ3) is 3.73. The van der Waals surface area contributed by atoms with Gasteiger partial charge in [-0.1, -0.05) is 0 Å². The van der Waals surface area contributed by atoms with E-state index in [-0.39, 0.29) is 0 Å². The molecule has 1 saturated heterocycles. The Kier molecular flexibility index (Phi) is 4.18. The van der Waals surface area contributed by atoms with Crippen molar-refractivity contribution in [3.05, 3.63) is 0 Å². The van der Waals surface area contributed by atoms with Crippen LogP contribution in [0.5, 0.6) is 0 Å². The van der Waals surface area contributed by atoms with Crippen LogP contribution in [-0.4, -0.2) is 51.4 Å². The van der Waals surface area contributed by atoms with Gasteiger partial charge in [-0.15, -0.1) is 0 Å². The number of nitrogens with zero attached hydrogens (tertiary/aromatic N) is 2. The van der Waals surface area contributed by atoms with E-state index in [2.05, 4.69) is 4.90 Å². The van der Waals surface area contributed by atoms with Gasteiger partial charge in [0.2, 0.25) is 0 Å². The molecule has 0 atom stereocenters. The first-order valence-electron chi connectivity index (χ1n) is 4.74. The van der Waals surface area contributed by atoms with Crippen molar-refractivity contribution in [3.63, 3.8) is 0 Å². The van der Waals surface area contributed by atoms with Gasteiger partial charge in [0.05, 0.1) is 0 Å². The topological polar surface area (TPSA) is 40.6 Å². The Labute approximate surface area is 90.4 Å². The van der Waals surface area contributed by atoms with E-state index < -0.39 is 9.24 Å². The van der Waals surface area contributed by atoms with Gasteiger partial charge in [0.15, 0.2) is 0 Å². The normalized spacial score (nSPS) is 21.7. The Morgan fingerprint density at radius 2 is 1.86 bits per heavy atom. The van der Waals surface area contributed by atoms with Crippen molar-refractivity contribution < 1.29 is 8.42 Å². The minimum absolute atomic E-state index is 0.560. The molecular weight excluding hydrogens is 224 g/mol. The molecule has 6 heteroatoms. The molecule has 0 bridgehead atoms. The van der Waals surface area contributed by atoms with Gasteiger partial charge < -0.3 is 4.90 Å². The highest BCUT2D eigenvalue weighted by molar-refractivity contribution is 8.11. The van der Waals surface area contributed by atoms with Crippen molar-refractivity contribution >= 4 is 19.9 Å². The molecule has 1 heterocycles. The van der Waals surface area contributed by atoms with Crippen LogP contribution in [0.25, 0.3) is 0 Å². The summed E-state index contributed by atoms with van der Waals surface area (Å²) in [7, 11) is 5.83. The molecule has 84 valence electrons. The second-order valence-electron chi connectivity index (χ2n) is 4.05. The van der Waals surface area contributed by atoms with Gasteiger partial charge in [-0.05, 0) is 32.9 Å². The quantitative estimate of drug-likeness (QED) is 0.684. The Balaban J connectivity index is 2.39.